The molecule has 1 aliphatic rings. The Hall–Kier alpha value is -0.0900. The van der Waals surface area contributed by atoms with E-state index in [0.29, 0.717) is 6.04 Å². The summed E-state index contributed by atoms with van der Waals surface area (Å²) in [4.78, 5) is 2.50. The molecule has 1 saturated heterocycles. The van der Waals surface area contributed by atoms with Crippen LogP contribution in [0.15, 0.2) is 22.7 Å². The summed E-state index contributed by atoms with van der Waals surface area (Å²) in [6.07, 6.45) is 3.79. The Labute approximate surface area is 123 Å². The number of piperidine rings is 1. The van der Waals surface area contributed by atoms with E-state index in [1.807, 2.05) is 6.07 Å². The van der Waals surface area contributed by atoms with Gasteiger partial charge >= 0.3 is 0 Å². The number of rotatable bonds is 3. The zero-order chi connectivity index (χ0) is 13.1. The number of hydrogen-bond donors (Lipinski definition) is 1. The summed E-state index contributed by atoms with van der Waals surface area (Å²) >= 11 is 9.50. The lowest BCUT2D eigenvalue weighted by Gasteiger charge is -2.38. The maximum absolute atomic E-state index is 6.09. The van der Waals surface area contributed by atoms with E-state index in [0.717, 1.165) is 22.6 Å². The Balaban J connectivity index is 2.08. The summed E-state index contributed by atoms with van der Waals surface area (Å²) in [7, 11) is 0. The fourth-order valence-corrected chi connectivity index (χ4v) is 3.22. The Kier molecular flexibility index (Phi) is 5.07. The van der Waals surface area contributed by atoms with Crippen LogP contribution < -0.4 is 5.73 Å². The third kappa shape index (κ3) is 3.47. The summed E-state index contributed by atoms with van der Waals surface area (Å²) in [6, 6.07) is 6.90. The minimum absolute atomic E-state index is 0.237. The van der Waals surface area contributed by atoms with Crippen LogP contribution >= 0.6 is 27.5 Å². The standard InChI is InChI=1S/C14H20BrClN2/c1-10(17)14-4-2-3-7-18(14)9-11-5-6-13(16)12(15)8-11/h5-6,8,10,14H,2-4,7,9,17H2,1H3. The molecule has 2 unspecified atom stereocenters. The van der Waals surface area contributed by atoms with Crippen molar-refractivity contribution in [3.05, 3.63) is 33.3 Å². The van der Waals surface area contributed by atoms with E-state index in [1.165, 1.54) is 24.8 Å². The normalized spacial score (nSPS) is 23.0. The van der Waals surface area contributed by atoms with E-state index in [2.05, 4.69) is 39.9 Å². The highest BCUT2D eigenvalue weighted by Crippen LogP contribution is 2.26. The van der Waals surface area contributed by atoms with Crippen LogP contribution in [0.25, 0.3) is 0 Å². The maximum Gasteiger partial charge on any atom is 0.0548 e. The molecule has 18 heavy (non-hydrogen) atoms. The Bertz CT molecular complexity index is 409. The molecule has 0 bridgehead atoms. The van der Waals surface area contributed by atoms with Crippen LogP contribution in [0, 0.1) is 0 Å². The lowest BCUT2D eigenvalue weighted by Crippen LogP contribution is -2.48. The third-order valence-corrected chi connectivity index (χ3v) is 4.85. The molecular weight excluding hydrogens is 312 g/mol. The fourth-order valence-electron chi connectivity index (χ4n) is 2.68. The van der Waals surface area contributed by atoms with E-state index in [-0.39, 0.29) is 6.04 Å². The molecule has 0 radical (unpaired) electrons. The number of halogens is 2. The fraction of sp³-hybridized carbons (Fsp3) is 0.571. The summed E-state index contributed by atoms with van der Waals surface area (Å²) < 4.78 is 0.969. The minimum atomic E-state index is 0.237. The van der Waals surface area contributed by atoms with E-state index in [1.54, 1.807) is 0 Å². The predicted octanol–water partition coefficient (Wildman–Crippen LogP) is 3.80. The van der Waals surface area contributed by atoms with Gasteiger partial charge in [0.1, 0.15) is 0 Å². The maximum atomic E-state index is 6.09. The highest BCUT2D eigenvalue weighted by atomic mass is 79.9. The number of nitrogens with zero attached hydrogens (tertiary/aromatic N) is 1. The Morgan fingerprint density at radius 1 is 1.50 bits per heavy atom. The molecule has 1 aliphatic heterocycles. The zero-order valence-corrected chi connectivity index (χ0v) is 13.0. The van der Waals surface area contributed by atoms with Crippen LogP contribution in [0.3, 0.4) is 0 Å². The molecule has 2 nitrogen and oxygen atoms in total. The number of benzene rings is 1. The van der Waals surface area contributed by atoms with Gasteiger partial charge in [0.2, 0.25) is 0 Å². The number of nitrogens with two attached hydrogens (primary N) is 1. The van der Waals surface area contributed by atoms with Crippen molar-refractivity contribution in [3.63, 3.8) is 0 Å². The van der Waals surface area contributed by atoms with Gasteiger partial charge < -0.3 is 5.73 Å². The van der Waals surface area contributed by atoms with Crippen LogP contribution in [0.4, 0.5) is 0 Å². The first kappa shape index (κ1) is 14.3. The van der Waals surface area contributed by atoms with Gasteiger partial charge in [-0.1, -0.05) is 24.1 Å². The Morgan fingerprint density at radius 2 is 2.28 bits per heavy atom. The molecule has 0 saturated carbocycles. The quantitative estimate of drug-likeness (QED) is 0.912. The first-order chi connectivity index (χ1) is 8.58. The first-order valence-corrected chi connectivity index (χ1v) is 7.68. The van der Waals surface area contributed by atoms with Gasteiger partial charge in [0.05, 0.1) is 5.02 Å². The van der Waals surface area contributed by atoms with Crippen molar-refractivity contribution in [2.24, 2.45) is 5.73 Å². The van der Waals surface area contributed by atoms with E-state index in [9.17, 15) is 0 Å². The monoisotopic (exact) mass is 330 g/mol. The molecule has 0 spiro atoms. The van der Waals surface area contributed by atoms with Crippen LogP contribution in [0.2, 0.25) is 5.02 Å². The second-order valence-corrected chi connectivity index (χ2v) is 6.40. The highest BCUT2D eigenvalue weighted by molar-refractivity contribution is 9.10. The molecule has 2 rings (SSSR count). The molecule has 0 aliphatic carbocycles. The average molecular weight is 332 g/mol. The Morgan fingerprint density at radius 3 is 2.94 bits per heavy atom. The van der Waals surface area contributed by atoms with Gasteiger partial charge in [0.15, 0.2) is 0 Å². The minimum Gasteiger partial charge on any atom is -0.327 e. The molecule has 1 heterocycles. The molecule has 0 amide bonds. The summed E-state index contributed by atoms with van der Waals surface area (Å²) in [5.41, 5.74) is 7.38. The van der Waals surface area contributed by atoms with Gasteiger partial charge in [-0.3, -0.25) is 4.90 Å². The van der Waals surface area contributed by atoms with Crippen LogP contribution in [-0.2, 0) is 6.54 Å². The smallest absolute Gasteiger partial charge is 0.0548 e. The van der Waals surface area contributed by atoms with Gasteiger partial charge in [-0.05, 0) is 59.9 Å². The molecule has 1 aromatic carbocycles. The molecule has 1 fully saturated rings. The van der Waals surface area contributed by atoms with Crippen molar-refractivity contribution < 1.29 is 0 Å². The second-order valence-electron chi connectivity index (χ2n) is 5.14. The summed E-state index contributed by atoms with van der Waals surface area (Å²) in [5, 5.41) is 0.765. The van der Waals surface area contributed by atoms with Gasteiger partial charge in [-0.15, -0.1) is 0 Å². The first-order valence-electron chi connectivity index (χ1n) is 6.51. The van der Waals surface area contributed by atoms with Crippen molar-refractivity contribution >= 4 is 27.5 Å². The molecule has 4 heteroatoms. The third-order valence-electron chi connectivity index (χ3n) is 3.64. The van der Waals surface area contributed by atoms with Gasteiger partial charge in [-0.25, -0.2) is 0 Å². The zero-order valence-electron chi connectivity index (χ0n) is 10.7. The summed E-state index contributed by atoms with van der Waals surface area (Å²) in [6.45, 7) is 4.22. The molecular formula is C14H20BrClN2. The van der Waals surface area contributed by atoms with Crippen LogP contribution in [0.5, 0.6) is 0 Å². The number of likely N-dealkylation sites (tertiary alicyclic amines) is 1. The van der Waals surface area contributed by atoms with Gasteiger partial charge in [0, 0.05) is 23.1 Å². The van der Waals surface area contributed by atoms with Crippen molar-refractivity contribution in [3.8, 4) is 0 Å². The van der Waals surface area contributed by atoms with E-state index in [4.69, 9.17) is 17.3 Å². The number of hydrogen-bond acceptors (Lipinski definition) is 2. The predicted molar refractivity (Wildman–Crippen MR) is 80.9 cm³/mol. The van der Waals surface area contributed by atoms with Crippen molar-refractivity contribution in [2.75, 3.05) is 6.54 Å². The second kappa shape index (κ2) is 6.38. The van der Waals surface area contributed by atoms with Crippen molar-refractivity contribution in [1.82, 2.24) is 4.90 Å². The molecule has 100 valence electrons. The van der Waals surface area contributed by atoms with E-state index < -0.39 is 0 Å². The average Bonchev–Trinajstić information content (AvgIpc) is 2.34. The molecule has 2 N–H and O–H groups in total. The molecule has 0 aromatic heterocycles. The SMILES string of the molecule is CC(N)C1CCCCN1Cc1ccc(Cl)c(Br)c1. The van der Waals surface area contributed by atoms with Crippen LogP contribution in [-0.4, -0.2) is 23.5 Å². The van der Waals surface area contributed by atoms with E-state index >= 15 is 0 Å². The molecule has 2 atom stereocenters. The highest BCUT2D eigenvalue weighted by Gasteiger charge is 2.25. The van der Waals surface area contributed by atoms with Gasteiger partial charge in [0.25, 0.3) is 0 Å². The lowest BCUT2D eigenvalue weighted by molar-refractivity contribution is 0.123. The van der Waals surface area contributed by atoms with Crippen molar-refractivity contribution in [1.29, 1.82) is 0 Å². The summed E-state index contributed by atoms with van der Waals surface area (Å²) in [5.74, 6) is 0. The van der Waals surface area contributed by atoms with Crippen LogP contribution in [0.1, 0.15) is 31.7 Å². The lowest BCUT2D eigenvalue weighted by atomic mass is 9.96. The topological polar surface area (TPSA) is 29.3 Å². The largest absolute Gasteiger partial charge is 0.327 e. The van der Waals surface area contributed by atoms with Gasteiger partial charge in [-0.2, -0.15) is 0 Å². The van der Waals surface area contributed by atoms with Crippen molar-refractivity contribution in [2.45, 2.75) is 44.8 Å². The molecule has 1 aromatic rings.